The second-order valence-corrected chi connectivity index (χ2v) is 15.5. The molecule has 1 saturated heterocycles. The van der Waals surface area contributed by atoms with Crippen LogP contribution in [0.4, 0.5) is 0 Å². The molecule has 0 spiro atoms. The van der Waals surface area contributed by atoms with Crippen LogP contribution in [0, 0.1) is 0 Å². The number of allylic oxidation sites excluding steroid dienone is 1. The standard InChI is InChI=1S/C43H83NO8/c1-3-5-7-9-11-12-13-14-15-16-17-18-19-20-21-22-23-24-25-27-28-30-32-37(46)36(44-39(47)33-31-29-26-10-8-6-4-2)35-51-43-42(50)41(49)40(48)38(34-45)52-43/h30,32,36-38,40-43,45-46,48-50H,3-29,31,33-35H2,1-2H3,(H,44,47)/b32-30+. The van der Waals surface area contributed by atoms with Gasteiger partial charge in [0.2, 0.25) is 5.91 Å². The van der Waals surface area contributed by atoms with Gasteiger partial charge in [-0.1, -0.05) is 187 Å². The van der Waals surface area contributed by atoms with E-state index < -0.39 is 49.5 Å². The molecule has 1 aliphatic rings. The average Bonchev–Trinajstić information content (AvgIpc) is 3.14. The lowest BCUT2D eigenvalue weighted by Gasteiger charge is -2.40. The lowest BCUT2D eigenvalue weighted by molar-refractivity contribution is -0.302. The Morgan fingerprint density at radius 3 is 1.50 bits per heavy atom. The fourth-order valence-corrected chi connectivity index (χ4v) is 7.04. The van der Waals surface area contributed by atoms with Gasteiger partial charge in [-0.3, -0.25) is 4.79 Å². The van der Waals surface area contributed by atoms with Gasteiger partial charge in [-0.15, -0.1) is 0 Å². The van der Waals surface area contributed by atoms with Crippen LogP contribution in [0.15, 0.2) is 12.2 Å². The molecule has 1 aliphatic heterocycles. The minimum absolute atomic E-state index is 0.183. The Bertz CT molecular complexity index is 827. The van der Waals surface area contributed by atoms with Crippen LogP contribution in [0.3, 0.4) is 0 Å². The molecular formula is C43H83NO8. The highest BCUT2D eigenvalue weighted by Gasteiger charge is 2.44. The van der Waals surface area contributed by atoms with Gasteiger partial charge in [-0.25, -0.2) is 0 Å². The maximum absolute atomic E-state index is 12.8. The number of hydrogen-bond donors (Lipinski definition) is 6. The Hall–Kier alpha value is -1.07. The number of nitrogens with one attached hydrogen (secondary N) is 1. The summed E-state index contributed by atoms with van der Waals surface area (Å²) in [5.41, 5.74) is 0. The Morgan fingerprint density at radius 2 is 1.06 bits per heavy atom. The zero-order valence-electron chi connectivity index (χ0n) is 33.6. The molecule has 0 aliphatic carbocycles. The maximum Gasteiger partial charge on any atom is 0.220 e. The van der Waals surface area contributed by atoms with Gasteiger partial charge in [0.25, 0.3) is 0 Å². The Labute approximate surface area is 318 Å². The number of hydrogen-bond acceptors (Lipinski definition) is 8. The van der Waals surface area contributed by atoms with Crippen molar-refractivity contribution in [3.05, 3.63) is 12.2 Å². The van der Waals surface area contributed by atoms with Crippen molar-refractivity contribution in [3.8, 4) is 0 Å². The number of ether oxygens (including phenoxy) is 2. The number of rotatable bonds is 36. The van der Waals surface area contributed by atoms with Crippen molar-refractivity contribution in [3.63, 3.8) is 0 Å². The Kier molecular flexibility index (Phi) is 32.4. The molecule has 308 valence electrons. The first-order valence-corrected chi connectivity index (χ1v) is 21.9. The summed E-state index contributed by atoms with van der Waals surface area (Å²) in [4.78, 5) is 12.8. The molecule has 9 nitrogen and oxygen atoms in total. The van der Waals surface area contributed by atoms with E-state index in [2.05, 4.69) is 19.2 Å². The number of aliphatic hydroxyl groups excluding tert-OH is 5. The van der Waals surface area contributed by atoms with E-state index in [-0.39, 0.29) is 12.5 Å². The maximum atomic E-state index is 12.8. The number of aliphatic hydroxyl groups is 5. The average molecular weight is 742 g/mol. The normalized spacial score (nSPS) is 21.9. The molecule has 52 heavy (non-hydrogen) atoms. The lowest BCUT2D eigenvalue weighted by atomic mass is 9.99. The van der Waals surface area contributed by atoms with Crippen molar-refractivity contribution in [1.29, 1.82) is 0 Å². The highest BCUT2D eigenvalue weighted by atomic mass is 16.7. The summed E-state index contributed by atoms with van der Waals surface area (Å²) in [7, 11) is 0. The van der Waals surface area contributed by atoms with Gasteiger partial charge in [0.15, 0.2) is 6.29 Å². The minimum atomic E-state index is -1.56. The topological polar surface area (TPSA) is 149 Å². The van der Waals surface area contributed by atoms with E-state index in [1.165, 1.54) is 141 Å². The fraction of sp³-hybridized carbons (Fsp3) is 0.930. The smallest absolute Gasteiger partial charge is 0.220 e. The molecule has 7 unspecified atom stereocenters. The molecular weight excluding hydrogens is 658 g/mol. The van der Waals surface area contributed by atoms with E-state index >= 15 is 0 Å². The van der Waals surface area contributed by atoms with Crippen LogP contribution in [0.25, 0.3) is 0 Å². The summed E-state index contributed by atoms with van der Waals surface area (Å²) < 4.78 is 11.2. The minimum Gasteiger partial charge on any atom is -0.394 e. The molecule has 0 aromatic rings. The van der Waals surface area contributed by atoms with Crippen LogP contribution in [-0.2, 0) is 14.3 Å². The zero-order valence-corrected chi connectivity index (χ0v) is 33.6. The van der Waals surface area contributed by atoms with Gasteiger partial charge in [0.1, 0.15) is 24.4 Å². The number of carbonyl (C=O) groups is 1. The largest absolute Gasteiger partial charge is 0.394 e. The molecule has 6 N–H and O–H groups in total. The number of unbranched alkanes of at least 4 members (excludes halogenated alkanes) is 26. The van der Waals surface area contributed by atoms with Gasteiger partial charge in [-0.2, -0.15) is 0 Å². The zero-order chi connectivity index (χ0) is 38.1. The van der Waals surface area contributed by atoms with Crippen molar-refractivity contribution >= 4 is 5.91 Å². The predicted molar refractivity (Wildman–Crippen MR) is 212 cm³/mol. The van der Waals surface area contributed by atoms with Crippen LogP contribution >= 0.6 is 0 Å². The van der Waals surface area contributed by atoms with Crippen molar-refractivity contribution in [1.82, 2.24) is 5.32 Å². The van der Waals surface area contributed by atoms with Crippen LogP contribution in [0.1, 0.15) is 200 Å². The lowest BCUT2D eigenvalue weighted by Crippen LogP contribution is -2.60. The van der Waals surface area contributed by atoms with Crippen LogP contribution in [0.2, 0.25) is 0 Å². The van der Waals surface area contributed by atoms with Gasteiger partial charge in [-0.05, 0) is 19.3 Å². The first-order valence-electron chi connectivity index (χ1n) is 21.9. The number of amides is 1. The fourth-order valence-electron chi connectivity index (χ4n) is 7.04. The predicted octanol–water partition coefficient (Wildman–Crippen LogP) is 8.56. The van der Waals surface area contributed by atoms with Gasteiger partial charge >= 0.3 is 0 Å². The van der Waals surface area contributed by atoms with Crippen molar-refractivity contribution in [2.75, 3.05) is 13.2 Å². The molecule has 1 amide bonds. The third-order valence-electron chi connectivity index (χ3n) is 10.6. The molecule has 7 atom stereocenters. The van der Waals surface area contributed by atoms with Gasteiger partial charge in [0.05, 0.1) is 25.4 Å². The molecule has 1 rings (SSSR count). The molecule has 9 heteroatoms. The van der Waals surface area contributed by atoms with Gasteiger partial charge < -0.3 is 40.3 Å². The highest BCUT2D eigenvalue weighted by molar-refractivity contribution is 5.76. The summed E-state index contributed by atoms with van der Waals surface area (Å²) in [6, 6.07) is -0.796. The van der Waals surface area contributed by atoms with Crippen molar-refractivity contribution in [2.24, 2.45) is 0 Å². The van der Waals surface area contributed by atoms with E-state index in [0.717, 1.165) is 38.5 Å². The molecule has 0 radical (unpaired) electrons. The Morgan fingerprint density at radius 1 is 0.635 bits per heavy atom. The second-order valence-electron chi connectivity index (χ2n) is 15.5. The summed E-state index contributed by atoms with van der Waals surface area (Å²) in [6.45, 7) is 3.72. The summed E-state index contributed by atoms with van der Waals surface area (Å²) >= 11 is 0. The molecule has 0 bridgehead atoms. The third-order valence-corrected chi connectivity index (χ3v) is 10.6. The van der Waals surface area contributed by atoms with E-state index in [1.807, 2.05) is 6.08 Å². The first-order chi connectivity index (χ1) is 25.3. The number of carbonyl (C=O) groups excluding carboxylic acids is 1. The summed E-state index contributed by atoms with van der Waals surface area (Å²) in [5, 5.41) is 53.9. The Balaban J connectivity index is 2.26. The van der Waals surface area contributed by atoms with Crippen LogP contribution in [0.5, 0.6) is 0 Å². The van der Waals surface area contributed by atoms with Crippen molar-refractivity contribution in [2.45, 2.75) is 243 Å². The SMILES string of the molecule is CCCCCCCCCCCCCCCCCCCCCC/C=C/C(O)C(COC1OC(CO)C(O)C(O)C1O)NC(=O)CCCCCCCCC. The molecule has 0 aromatic heterocycles. The second kappa shape index (κ2) is 34.4. The van der Waals surface area contributed by atoms with Crippen LogP contribution < -0.4 is 5.32 Å². The quantitative estimate of drug-likeness (QED) is 0.0277. The third kappa shape index (κ3) is 25.1. The summed E-state index contributed by atoms with van der Waals surface area (Å²) in [5.74, 6) is -0.183. The van der Waals surface area contributed by atoms with Crippen molar-refractivity contribution < 1.29 is 39.8 Å². The first kappa shape index (κ1) is 48.9. The monoisotopic (exact) mass is 742 g/mol. The molecule has 1 fully saturated rings. The summed E-state index contributed by atoms with van der Waals surface area (Å²) in [6.07, 6.45) is 31.4. The van der Waals surface area contributed by atoms with E-state index in [1.54, 1.807) is 6.08 Å². The molecule has 0 saturated carbocycles. The van der Waals surface area contributed by atoms with Crippen LogP contribution in [-0.4, -0.2) is 87.5 Å². The van der Waals surface area contributed by atoms with E-state index in [0.29, 0.717) is 6.42 Å². The highest BCUT2D eigenvalue weighted by Crippen LogP contribution is 2.22. The van der Waals surface area contributed by atoms with E-state index in [4.69, 9.17) is 9.47 Å². The van der Waals surface area contributed by atoms with Gasteiger partial charge in [0, 0.05) is 6.42 Å². The van der Waals surface area contributed by atoms with E-state index in [9.17, 15) is 30.3 Å². The molecule has 1 heterocycles. The molecule has 0 aromatic carbocycles.